The van der Waals surface area contributed by atoms with E-state index in [-0.39, 0.29) is 11.8 Å². The zero-order chi connectivity index (χ0) is 13.8. The molecule has 0 saturated heterocycles. The normalized spacial score (nSPS) is 10.0. The molecular formula is C13H13N3O2S. The molecule has 1 aromatic carbocycles. The monoisotopic (exact) mass is 275 g/mol. The van der Waals surface area contributed by atoms with Crippen LogP contribution in [0, 0.1) is 6.92 Å². The number of carbonyl (C=O) groups is 2. The Hall–Kier alpha value is -2.21. The lowest BCUT2D eigenvalue weighted by Gasteiger charge is -2.05. The van der Waals surface area contributed by atoms with Crippen LogP contribution in [0.15, 0.2) is 29.6 Å². The number of hydrogen-bond acceptors (Lipinski definition) is 4. The fraction of sp³-hybridized carbons (Fsp3) is 0.154. The third-order valence-electron chi connectivity index (χ3n) is 2.36. The number of rotatable bonds is 3. The molecule has 0 aliphatic rings. The standard InChI is InChI=1S/C13H13N3O2S/c1-8-4-3-5-10(6-8)14-12(18)16-13-15-11(7-19-13)9(2)17/h3-7H,1-2H3,(H2,14,15,16,18). The molecule has 19 heavy (non-hydrogen) atoms. The van der Waals surface area contributed by atoms with Gasteiger partial charge in [-0.3, -0.25) is 10.1 Å². The van der Waals surface area contributed by atoms with Crippen molar-refractivity contribution >= 4 is 34.0 Å². The summed E-state index contributed by atoms with van der Waals surface area (Å²) in [4.78, 5) is 26.8. The van der Waals surface area contributed by atoms with Gasteiger partial charge in [0, 0.05) is 18.0 Å². The first kappa shape index (κ1) is 13.2. The van der Waals surface area contributed by atoms with Gasteiger partial charge >= 0.3 is 6.03 Å². The molecule has 0 aliphatic heterocycles. The minimum Gasteiger partial charge on any atom is -0.308 e. The molecule has 0 radical (unpaired) electrons. The van der Waals surface area contributed by atoms with E-state index in [4.69, 9.17) is 0 Å². The van der Waals surface area contributed by atoms with E-state index in [1.54, 1.807) is 11.4 Å². The van der Waals surface area contributed by atoms with E-state index >= 15 is 0 Å². The van der Waals surface area contributed by atoms with Gasteiger partial charge in [-0.15, -0.1) is 11.3 Å². The van der Waals surface area contributed by atoms with E-state index in [1.165, 1.54) is 18.3 Å². The number of ketones is 1. The summed E-state index contributed by atoms with van der Waals surface area (Å²) in [6.45, 7) is 3.38. The summed E-state index contributed by atoms with van der Waals surface area (Å²) in [6, 6.07) is 7.10. The van der Waals surface area contributed by atoms with Gasteiger partial charge in [0.2, 0.25) is 0 Å². The molecule has 2 amide bonds. The quantitative estimate of drug-likeness (QED) is 0.844. The predicted octanol–water partition coefficient (Wildman–Crippen LogP) is 3.30. The summed E-state index contributed by atoms with van der Waals surface area (Å²) in [7, 11) is 0. The smallest absolute Gasteiger partial charge is 0.308 e. The number of nitrogens with one attached hydrogen (secondary N) is 2. The number of aryl methyl sites for hydroxylation is 1. The maximum absolute atomic E-state index is 11.7. The van der Waals surface area contributed by atoms with Gasteiger partial charge in [-0.2, -0.15) is 0 Å². The molecule has 98 valence electrons. The highest BCUT2D eigenvalue weighted by atomic mass is 32.1. The molecule has 2 N–H and O–H groups in total. The maximum atomic E-state index is 11.7. The van der Waals surface area contributed by atoms with Crippen molar-refractivity contribution in [2.75, 3.05) is 10.6 Å². The van der Waals surface area contributed by atoms with Crippen molar-refractivity contribution in [3.8, 4) is 0 Å². The zero-order valence-electron chi connectivity index (χ0n) is 10.6. The van der Waals surface area contributed by atoms with Crippen LogP contribution in [-0.4, -0.2) is 16.8 Å². The lowest BCUT2D eigenvalue weighted by molar-refractivity contribution is 0.101. The molecule has 0 bridgehead atoms. The van der Waals surface area contributed by atoms with Crippen LogP contribution < -0.4 is 10.6 Å². The number of hydrogen-bond donors (Lipinski definition) is 2. The summed E-state index contributed by atoms with van der Waals surface area (Å²) in [5.41, 5.74) is 2.13. The summed E-state index contributed by atoms with van der Waals surface area (Å²) in [6.07, 6.45) is 0. The van der Waals surface area contributed by atoms with Gasteiger partial charge in [0.05, 0.1) is 0 Å². The molecule has 0 saturated carbocycles. The van der Waals surface area contributed by atoms with E-state index in [0.717, 1.165) is 5.56 Å². The van der Waals surface area contributed by atoms with Crippen LogP contribution in [0.4, 0.5) is 15.6 Å². The highest BCUT2D eigenvalue weighted by molar-refractivity contribution is 7.14. The topological polar surface area (TPSA) is 71.1 Å². The fourth-order valence-electron chi connectivity index (χ4n) is 1.48. The Kier molecular flexibility index (Phi) is 3.91. The van der Waals surface area contributed by atoms with Crippen LogP contribution in [0.5, 0.6) is 0 Å². The Morgan fingerprint density at radius 2 is 2.05 bits per heavy atom. The summed E-state index contributed by atoms with van der Waals surface area (Å²) >= 11 is 1.22. The lowest BCUT2D eigenvalue weighted by Crippen LogP contribution is -2.19. The van der Waals surface area contributed by atoms with Crippen molar-refractivity contribution in [2.45, 2.75) is 13.8 Å². The zero-order valence-corrected chi connectivity index (χ0v) is 11.4. The SMILES string of the molecule is CC(=O)c1csc(NC(=O)Nc2cccc(C)c2)n1. The van der Waals surface area contributed by atoms with Crippen LogP contribution >= 0.6 is 11.3 Å². The van der Waals surface area contributed by atoms with E-state index in [9.17, 15) is 9.59 Å². The van der Waals surface area contributed by atoms with Gasteiger partial charge in [0.1, 0.15) is 5.69 Å². The molecule has 0 spiro atoms. The molecule has 0 unspecified atom stereocenters. The highest BCUT2D eigenvalue weighted by Gasteiger charge is 2.09. The Morgan fingerprint density at radius 3 is 2.68 bits per heavy atom. The Balaban J connectivity index is 1.99. The van der Waals surface area contributed by atoms with Gasteiger partial charge in [0.25, 0.3) is 0 Å². The molecule has 0 fully saturated rings. The second-order valence-corrected chi connectivity index (χ2v) is 4.90. The number of benzene rings is 1. The number of amides is 2. The first-order valence-corrected chi connectivity index (χ1v) is 6.53. The van der Waals surface area contributed by atoms with E-state index in [1.807, 2.05) is 25.1 Å². The largest absolute Gasteiger partial charge is 0.325 e. The first-order valence-electron chi connectivity index (χ1n) is 5.66. The van der Waals surface area contributed by atoms with Crippen molar-refractivity contribution in [3.63, 3.8) is 0 Å². The van der Waals surface area contributed by atoms with Gasteiger partial charge in [-0.25, -0.2) is 9.78 Å². The third kappa shape index (κ3) is 3.62. The van der Waals surface area contributed by atoms with Gasteiger partial charge in [0.15, 0.2) is 10.9 Å². The number of urea groups is 1. The molecule has 5 nitrogen and oxygen atoms in total. The average molecular weight is 275 g/mol. The second-order valence-electron chi connectivity index (χ2n) is 4.04. The van der Waals surface area contributed by atoms with Crippen LogP contribution in [-0.2, 0) is 0 Å². The second kappa shape index (κ2) is 5.62. The molecule has 0 atom stereocenters. The van der Waals surface area contributed by atoms with Crippen LogP contribution in [0.25, 0.3) is 0 Å². The van der Waals surface area contributed by atoms with Crippen molar-refractivity contribution in [2.24, 2.45) is 0 Å². The van der Waals surface area contributed by atoms with Gasteiger partial charge < -0.3 is 5.32 Å². The first-order chi connectivity index (χ1) is 9.04. The van der Waals surface area contributed by atoms with Crippen molar-refractivity contribution in [3.05, 3.63) is 40.9 Å². The van der Waals surface area contributed by atoms with E-state index in [0.29, 0.717) is 16.5 Å². The van der Waals surface area contributed by atoms with Crippen LogP contribution in [0.2, 0.25) is 0 Å². The molecule has 0 aliphatic carbocycles. The number of Topliss-reactive ketones (excluding diaryl/α,β-unsaturated/α-hetero) is 1. The fourth-order valence-corrected chi connectivity index (χ4v) is 2.22. The Labute approximate surface area is 114 Å². The summed E-state index contributed by atoms with van der Waals surface area (Å²) in [5.74, 6) is -0.122. The summed E-state index contributed by atoms with van der Waals surface area (Å²) in [5, 5.41) is 7.31. The number of thiazole rings is 1. The van der Waals surface area contributed by atoms with Crippen molar-refractivity contribution in [1.29, 1.82) is 0 Å². The number of nitrogens with zero attached hydrogens (tertiary/aromatic N) is 1. The van der Waals surface area contributed by atoms with Gasteiger partial charge in [-0.05, 0) is 24.6 Å². The summed E-state index contributed by atoms with van der Waals surface area (Å²) < 4.78 is 0. The molecule has 2 aromatic rings. The van der Waals surface area contributed by atoms with Crippen LogP contribution in [0.1, 0.15) is 23.0 Å². The average Bonchev–Trinajstić information content (AvgIpc) is 2.77. The number of carbonyl (C=O) groups excluding carboxylic acids is 2. The van der Waals surface area contributed by atoms with Crippen LogP contribution in [0.3, 0.4) is 0 Å². The predicted molar refractivity (Wildman–Crippen MR) is 75.9 cm³/mol. The van der Waals surface area contributed by atoms with E-state index < -0.39 is 0 Å². The molecule has 2 rings (SSSR count). The van der Waals surface area contributed by atoms with E-state index in [2.05, 4.69) is 15.6 Å². The number of anilines is 2. The Bertz CT molecular complexity index is 622. The highest BCUT2D eigenvalue weighted by Crippen LogP contribution is 2.16. The third-order valence-corrected chi connectivity index (χ3v) is 3.12. The molecule has 1 aromatic heterocycles. The lowest BCUT2D eigenvalue weighted by atomic mass is 10.2. The number of aromatic nitrogens is 1. The molecular weight excluding hydrogens is 262 g/mol. The minimum atomic E-state index is -0.380. The van der Waals surface area contributed by atoms with Crippen molar-refractivity contribution in [1.82, 2.24) is 4.98 Å². The van der Waals surface area contributed by atoms with Gasteiger partial charge in [-0.1, -0.05) is 12.1 Å². The Morgan fingerprint density at radius 1 is 1.26 bits per heavy atom. The minimum absolute atomic E-state index is 0.122. The van der Waals surface area contributed by atoms with Crippen molar-refractivity contribution < 1.29 is 9.59 Å². The molecule has 6 heteroatoms. The maximum Gasteiger partial charge on any atom is 0.325 e. The molecule has 1 heterocycles.